The fraction of sp³-hybridized carbons (Fsp3) is 0.562. The molecule has 0 aliphatic heterocycles. The third-order valence-electron chi connectivity index (χ3n) is 3.78. The zero-order valence-electron chi connectivity index (χ0n) is 12.2. The van der Waals surface area contributed by atoms with Crippen molar-refractivity contribution in [2.75, 3.05) is 18.9 Å². The zero-order chi connectivity index (χ0) is 14.4. The molecule has 0 heterocycles. The van der Waals surface area contributed by atoms with Crippen molar-refractivity contribution in [3.8, 4) is 5.75 Å². The standard InChI is InChI=1S/C16H24N2O2/c1-2-20-15-9-13(8-14(17)10-15)16(19)18-11-12-6-4-3-5-7-12/h8-10,12H,2-7,11,17H2,1H3,(H,18,19). The second-order valence-corrected chi connectivity index (χ2v) is 5.44. The molecule has 1 aromatic rings. The minimum atomic E-state index is -0.0659. The van der Waals surface area contributed by atoms with E-state index in [1.807, 2.05) is 6.92 Å². The van der Waals surface area contributed by atoms with Crippen LogP contribution in [0.4, 0.5) is 5.69 Å². The van der Waals surface area contributed by atoms with E-state index >= 15 is 0 Å². The predicted molar refractivity (Wildman–Crippen MR) is 80.9 cm³/mol. The number of nitrogen functional groups attached to an aromatic ring is 1. The number of nitrogens with two attached hydrogens (primary N) is 1. The number of benzene rings is 1. The third-order valence-corrected chi connectivity index (χ3v) is 3.78. The third kappa shape index (κ3) is 4.15. The average Bonchev–Trinajstić information content (AvgIpc) is 2.45. The van der Waals surface area contributed by atoms with E-state index in [-0.39, 0.29) is 5.91 Å². The summed E-state index contributed by atoms with van der Waals surface area (Å²) in [5, 5.41) is 3.02. The highest BCUT2D eigenvalue weighted by atomic mass is 16.5. The van der Waals surface area contributed by atoms with Crippen LogP contribution in [0.15, 0.2) is 18.2 Å². The molecule has 0 atom stereocenters. The molecular formula is C16H24N2O2. The normalized spacial score (nSPS) is 15.8. The number of anilines is 1. The quantitative estimate of drug-likeness (QED) is 0.813. The lowest BCUT2D eigenvalue weighted by Crippen LogP contribution is -2.30. The van der Waals surface area contributed by atoms with Gasteiger partial charge >= 0.3 is 0 Å². The molecular weight excluding hydrogens is 252 g/mol. The highest BCUT2D eigenvalue weighted by Crippen LogP contribution is 2.23. The van der Waals surface area contributed by atoms with Gasteiger partial charge in [-0.15, -0.1) is 0 Å². The van der Waals surface area contributed by atoms with Crippen molar-refractivity contribution in [1.29, 1.82) is 0 Å². The van der Waals surface area contributed by atoms with Gasteiger partial charge in [0.15, 0.2) is 0 Å². The largest absolute Gasteiger partial charge is 0.494 e. The van der Waals surface area contributed by atoms with Crippen LogP contribution in [0.1, 0.15) is 49.4 Å². The van der Waals surface area contributed by atoms with Crippen LogP contribution in [0.5, 0.6) is 5.75 Å². The molecule has 1 saturated carbocycles. The molecule has 1 aromatic carbocycles. The minimum absolute atomic E-state index is 0.0659. The molecule has 0 aromatic heterocycles. The van der Waals surface area contributed by atoms with Gasteiger partial charge in [0.2, 0.25) is 0 Å². The Morgan fingerprint density at radius 3 is 2.75 bits per heavy atom. The average molecular weight is 276 g/mol. The van der Waals surface area contributed by atoms with Gasteiger partial charge in [-0.3, -0.25) is 4.79 Å². The Bertz CT molecular complexity index is 454. The fourth-order valence-corrected chi connectivity index (χ4v) is 2.73. The summed E-state index contributed by atoms with van der Waals surface area (Å²) >= 11 is 0. The van der Waals surface area contributed by atoms with E-state index in [1.165, 1.54) is 32.1 Å². The summed E-state index contributed by atoms with van der Waals surface area (Å²) < 4.78 is 5.41. The number of ether oxygens (including phenoxy) is 1. The minimum Gasteiger partial charge on any atom is -0.494 e. The van der Waals surface area contributed by atoms with Gasteiger partial charge in [-0.25, -0.2) is 0 Å². The SMILES string of the molecule is CCOc1cc(N)cc(C(=O)NCC2CCCCC2)c1. The summed E-state index contributed by atoms with van der Waals surface area (Å²) in [6.45, 7) is 3.23. The molecule has 1 fully saturated rings. The van der Waals surface area contributed by atoms with Crippen LogP contribution < -0.4 is 15.8 Å². The first-order chi connectivity index (χ1) is 9.69. The van der Waals surface area contributed by atoms with E-state index in [0.29, 0.717) is 29.5 Å². The summed E-state index contributed by atoms with van der Waals surface area (Å²) in [7, 11) is 0. The fourth-order valence-electron chi connectivity index (χ4n) is 2.73. The second kappa shape index (κ2) is 7.17. The van der Waals surface area contributed by atoms with Gasteiger partial charge in [0.1, 0.15) is 5.75 Å². The van der Waals surface area contributed by atoms with Gasteiger partial charge < -0.3 is 15.8 Å². The van der Waals surface area contributed by atoms with Crippen LogP contribution in [-0.4, -0.2) is 19.1 Å². The highest BCUT2D eigenvalue weighted by molar-refractivity contribution is 5.95. The predicted octanol–water partition coefficient (Wildman–Crippen LogP) is 2.98. The second-order valence-electron chi connectivity index (χ2n) is 5.44. The molecule has 0 saturated heterocycles. The van der Waals surface area contributed by atoms with E-state index < -0.39 is 0 Å². The van der Waals surface area contributed by atoms with E-state index in [0.717, 1.165) is 6.54 Å². The molecule has 20 heavy (non-hydrogen) atoms. The summed E-state index contributed by atoms with van der Waals surface area (Å²) in [6, 6.07) is 5.18. The molecule has 0 radical (unpaired) electrons. The number of carbonyl (C=O) groups excluding carboxylic acids is 1. The van der Waals surface area contributed by atoms with Gasteiger partial charge in [0.25, 0.3) is 5.91 Å². The number of nitrogens with one attached hydrogen (secondary N) is 1. The van der Waals surface area contributed by atoms with Crippen molar-refractivity contribution in [3.63, 3.8) is 0 Å². The van der Waals surface area contributed by atoms with Crippen molar-refractivity contribution >= 4 is 11.6 Å². The highest BCUT2D eigenvalue weighted by Gasteiger charge is 2.15. The Morgan fingerprint density at radius 2 is 2.05 bits per heavy atom. The van der Waals surface area contributed by atoms with Crippen LogP contribution in [0, 0.1) is 5.92 Å². The van der Waals surface area contributed by atoms with Crippen LogP contribution in [-0.2, 0) is 0 Å². The van der Waals surface area contributed by atoms with E-state index in [1.54, 1.807) is 18.2 Å². The van der Waals surface area contributed by atoms with Crippen LogP contribution in [0.2, 0.25) is 0 Å². The van der Waals surface area contributed by atoms with Crippen molar-refractivity contribution in [1.82, 2.24) is 5.32 Å². The first kappa shape index (κ1) is 14.7. The van der Waals surface area contributed by atoms with E-state index in [2.05, 4.69) is 5.32 Å². The molecule has 1 amide bonds. The molecule has 1 aliphatic carbocycles. The lowest BCUT2D eigenvalue weighted by Gasteiger charge is -2.21. The number of carbonyl (C=O) groups is 1. The van der Waals surface area contributed by atoms with Gasteiger partial charge in [-0.05, 0) is 37.8 Å². The molecule has 4 nitrogen and oxygen atoms in total. The lowest BCUT2D eigenvalue weighted by molar-refractivity contribution is 0.0943. The van der Waals surface area contributed by atoms with E-state index in [4.69, 9.17) is 10.5 Å². The maximum Gasteiger partial charge on any atom is 0.251 e. The van der Waals surface area contributed by atoms with Gasteiger partial charge in [0, 0.05) is 23.9 Å². The maximum atomic E-state index is 12.2. The van der Waals surface area contributed by atoms with Crippen molar-refractivity contribution in [3.05, 3.63) is 23.8 Å². The summed E-state index contributed by atoms with van der Waals surface area (Å²) in [4.78, 5) is 12.2. The first-order valence-corrected chi connectivity index (χ1v) is 7.50. The molecule has 4 heteroatoms. The Balaban J connectivity index is 1.93. The van der Waals surface area contributed by atoms with Gasteiger partial charge in [-0.2, -0.15) is 0 Å². The summed E-state index contributed by atoms with van der Waals surface area (Å²) in [6.07, 6.45) is 6.35. The zero-order valence-corrected chi connectivity index (χ0v) is 12.2. The van der Waals surface area contributed by atoms with Crippen molar-refractivity contribution in [2.24, 2.45) is 5.92 Å². The molecule has 0 bridgehead atoms. The van der Waals surface area contributed by atoms with E-state index in [9.17, 15) is 4.79 Å². The molecule has 0 spiro atoms. The first-order valence-electron chi connectivity index (χ1n) is 7.50. The number of rotatable bonds is 5. The topological polar surface area (TPSA) is 64.3 Å². The Labute approximate surface area is 120 Å². The summed E-state index contributed by atoms with van der Waals surface area (Å²) in [5.41, 5.74) is 6.93. The molecule has 2 rings (SSSR count). The Morgan fingerprint density at radius 1 is 1.30 bits per heavy atom. The van der Waals surface area contributed by atoms with Gasteiger partial charge in [-0.1, -0.05) is 19.3 Å². The van der Waals surface area contributed by atoms with Crippen molar-refractivity contribution in [2.45, 2.75) is 39.0 Å². The van der Waals surface area contributed by atoms with Crippen LogP contribution in [0.25, 0.3) is 0 Å². The van der Waals surface area contributed by atoms with Gasteiger partial charge in [0.05, 0.1) is 6.61 Å². The van der Waals surface area contributed by atoms with Crippen LogP contribution in [0.3, 0.4) is 0 Å². The monoisotopic (exact) mass is 276 g/mol. The molecule has 1 aliphatic rings. The Hall–Kier alpha value is -1.71. The van der Waals surface area contributed by atoms with Crippen molar-refractivity contribution < 1.29 is 9.53 Å². The molecule has 110 valence electrons. The van der Waals surface area contributed by atoms with Crippen LogP contribution >= 0.6 is 0 Å². The molecule has 0 unspecified atom stereocenters. The number of hydrogen-bond acceptors (Lipinski definition) is 3. The number of amides is 1. The number of hydrogen-bond donors (Lipinski definition) is 2. The summed E-state index contributed by atoms with van der Waals surface area (Å²) in [5.74, 6) is 1.21. The molecule has 3 N–H and O–H groups in total. The Kier molecular flexibility index (Phi) is 5.27. The smallest absolute Gasteiger partial charge is 0.251 e. The lowest BCUT2D eigenvalue weighted by atomic mass is 9.89. The maximum absolute atomic E-state index is 12.2.